The molecule has 30 heavy (non-hydrogen) atoms. The summed E-state index contributed by atoms with van der Waals surface area (Å²) >= 11 is 6.07. The van der Waals surface area contributed by atoms with Crippen LogP contribution in [0.25, 0.3) is 0 Å². The first-order valence-electron chi connectivity index (χ1n) is 9.79. The van der Waals surface area contributed by atoms with Crippen molar-refractivity contribution in [2.75, 3.05) is 0 Å². The van der Waals surface area contributed by atoms with Gasteiger partial charge >= 0.3 is 0 Å². The van der Waals surface area contributed by atoms with Crippen molar-refractivity contribution >= 4 is 29.1 Å². The second kappa shape index (κ2) is 10.7. The fourth-order valence-corrected chi connectivity index (χ4v) is 3.20. The summed E-state index contributed by atoms with van der Waals surface area (Å²) in [6.07, 6.45) is 0.579. The van der Waals surface area contributed by atoms with Crippen LogP contribution in [0.15, 0.2) is 48.5 Å². The van der Waals surface area contributed by atoms with Gasteiger partial charge in [0.1, 0.15) is 6.04 Å². The Labute approximate surface area is 181 Å². The minimum Gasteiger partial charge on any atom is -0.352 e. The zero-order valence-corrected chi connectivity index (χ0v) is 18.1. The van der Waals surface area contributed by atoms with E-state index in [1.54, 1.807) is 43.3 Å². The Hall–Kier alpha value is -2.93. The van der Waals surface area contributed by atoms with Gasteiger partial charge in [-0.15, -0.1) is 0 Å². The summed E-state index contributed by atoms with van der Waals surface area (Å²) in [6, 6.07) is 12.4. The Morgan fingerprint density at radius 1 is 1.17 bits per heavy atom. The van der Waals surface area contributed by atoms with Gasteiger partial charge in [-0.3, -0.25) is 19.7 Å². The normalized spacial score (nSPS) is 12.7. The molecule has 0 bridgehead atoms. The molecule has 2 amide bonds. The number of benzene rings is 2. The van der Waals surface area contributed by atoms with E-state index in [-0.39, 0.29) is 36.5 Å². The first-order valence-corrected chi connectivity index (χ1v) is 10.2. The predicted molar refractivity (Wildman–Crippen MR) is 116 cm³/mol. The van der Waals surface area contributed by atoms with Crippen LogP contribution in [0.1, 0.15) is 38.3 Å². The van der Waals surface area contributed by atoms with Crippen molar-refractivity contribution in [3.8, 4) is 0 Å². The molecule has 2 rings (SSSR count). The van der Waals surface area contributed by atoms with Gasteiger partial charge in [-0.2, -0.15) is 0 Å². The number of carbonyl (C=O) groups is 2. The molecule has 0 spiro atoms. The van der Waals surface area contributed by atoms with E-state index in [9.17, 15) is 19.7 Å². The summed E-state index contributed by atoms with van der Waals surface area (Å²) in [5.74, 6) is -0.654. The number of nitrogens with one attached hydrogen (secondary N) is 1. The number of hydrogen-bond acceptors (Lipinski definition) is 4. The van der Waals surface area contributed by atoms with E-state index in [1.165, 1.54) is 11.0 Å². The Balaban J connectivity index is 2.31. The molecular formula is C22H26ClN3O4. The topological polar surface area (TPSA) is 92.6 Å². The summed E-state index contributed by atoms with van der Waals surface area (Å²) in [5, 5.41) is 14.7. The smallest absolute Gasteiger partial charge is 0.273 e. The molecule has 2 aromatic carbocycles. The molecule has 0 heterocycles. The van der Waals surface area contributed by atoms with Gasteiger partial charge in [0, 0.05) is 29.2 Å². The molecule has 7 nitrogen and oxygen atoms in total. The Kier molecular flexibility index (Phi) is 8.35. The third kappa shape index (κ3) is 6.29. The maximum absolute atomic E-state index is 13.2. The lowest BCUT2D eigenvalue weighted by molar-refractivity contribution is -0.385. The molecule has 2 atom stereocenters. The van der Waals surface area contributed by atoms with Gasteiger partial charge in [-0.1, -0.05) is 48.9 Å². The summed E-state index contributed by atoms with van der Waals surface area (Å²) < 4.78 is 0. The third-order valence-electron chi connectivity index (χ3n) is 4.94. The molecule has 2 unspecified atom stereocenters. The number of carbonyl (C=O) groups excluding carboxylic acids is 2. The van der Waals surface area contributed by atoms with Crippen molar-refractivity contribution < 1.29 is 14.5 Å². The average Bonchev–Trinajstić information content (AvgIpc) is 2.71. The maximum atomic E-state index is 13.2. The van der Waals surface area contributed by atoms with Crippen LogP contribution in [0.2, 0.25) is 5.02 Å². The van der Waals surface area contributed by atoms with E-state index in [0.29, 0.717) is 10.6 Å². The van der Waals surface area contributed by atoms with Gasteiger partial charge in [0.2, 0.25) is 11.8 Å². The molecule has 0 aromatic heterocycles. The highest BCUT2D eigenvalue weighted by molar-refractivity contribution is 6.30. The second-order valence-electron chi connectivity index (χ2n) is 7.21. The van der Waals surface area contributed by atoms with Gasteiger partial charge in [0.25, 0.3) is 5.69 Å². The van der Waals surface area contributed by atoms with Gasteiger partial charge in [-0.25, -0.2) is 0 Å². The SMILES string of the molecule is CCC(C)NC(=O)C(C)N(Cc1cccc(Cl)c1)C(=O)Cc1ccccc1[N+](=O)[O-]. The number of nitro groups is 1. The summed E-state index contributed by atoms with van der Waals surface area (Å²) in [5.41, 5.74) is 0.949. The minimum atomic E-state index is -0.756. The van der Waals surface area contributed by atoms with Gasteiger partial charge in [0.05, 0.1) is 11.3 Å². The predicted octanol–water partition coefficient (Wildman–Crippen LogP) is 4.12. The molecular weight excluding hydrogens is 406 g/mol. The summed E-state index contributed by atoms with van der Waals surface area (Å²) in [7, 11) is 0. The van der Waals surface area contributed by atoms with E-state index >= 15 is 0 Å². The largest absolute Gasteiger partial charge is 0.352 e. The van der Waals surface area contributed by atoms with Gasteiger partial charge < -0.3 is 10.2 Å². The molecule has 0 aliphatic heterocycles. The van der Waals surface area contributed by atoms with Crippen molar-refractivity contribution in [3.63, 3.8) is 0 Å². The van der Waals surface area contributed by atoms with Crippen LogP contribution in [-0.2, 0) is 22.6 Å². The quantitative estimate of drug-likeness (QED) is 0.477. The molecule has 0 radical (unpaired) electrons. The molecule has 0 aliphatic carbocycles. The number of rotatable bonds is 9. The number of amides is 2. The first kappa shape index (κ1) is 23.3. The maximum Gasteiger partial charge on any atom is 0.273 e. The standard InChI is InChI=1S/C22H26ClN3O4/c1-4-15(2)24-22(28)16(3)25(14-17-8-7-10-19(23)12-17)21(27)13-18-9-5-6-11-20(18)26(29)30/h5-12,15-16H,4,13-14H2,1-3H3,(H,24,28). The third-order valence-corrected chi connectivity index (χ3v) is 5.18. The molecule has 0 saturated heterocycles. The monoisotopic (exact) mass is 431 g/mol. The van der Waals surface area contributed by atoms with Crippen LogP contribution >= 0.6 is 11.6 Å². The van der Waals surface area contributed by atoms with Crippen LogP contribution in [-0.4, -0.2) is 33.7 Å². The van der Waals surface area contributed by atoms with E-state index in [0.717, 1.165) is 12.0 Å². The number of hydrogen-bond donors (Lipinski definition) is 1. The molecule has 0 saturated carbocycles. The fraction of sp³-hybridized carbons (Fsp3) is 0.364. The van der Waals surface area contributed by atoms with Crippen LogP contribution in [0.5, 0.6) is 0 Å². The zero-order chi connectivity index (χ0) is 22.3. The molecule has 1 N–H and O–H groups in total. The highest BCUT2D eigenvalue weighted by Gasteiger charge is 2.28. The highest BCUT2D eigenvalue weighted by atomic mass is 35.5. The molecule has 2 aromatic rings. The second-order valence-corrected chi connectivity index (χ2v) is 7.64. The van der Waals surface area contributed by atoms with Crippen molar-refractivity contribution in [2.45, 2.75) is 52.2 Å². The highest BCUT2D eigenvalue weighted by Crippen LogP contribution is 2.21. The Morgan fingerprint density at radius 3 is 2.50 bits per heavy atom. The lowest BCUT2D eigenvalue weighted by atomic mass is 10.1. The van der Waals surface area contributed by atoms with Crippen LogP contribution < -0.4 is 5.32 Å². The van der Waals surface area contributed by atoms with Crippen LogP contribution in [0, 0.1) is 10.1 Å². The average molecular weight is 432 g/mol. The van der Waals surface area contributed by atoms with E-state index in [4.69, 9.17) is 11.6 Å². The molecule has 0 aliphatic rings. The fourth-order valence-electron chi connectivity index (χ4n) is 2.98. The van der Waals surface area contributed by atoms with Gasteiger partial charge in [0.15, 0.2) is 0 Å². The summed E-state index contributed by atoms with van der Waals surface area (Å²) in [4.78, 5) is 38.1. The number of halogens is 1. The number of nitro benzene ring substituents is 1. The Bertz CT molecular complexity index is 919. The Morgan fingerprint density at radius 2 is 1.87 bits per heavy atom. The van der Waals surface area contributed by atoms with Crippen molar-refractivity contribution in [1.82, 2.24) is 10.2 Å². The van der Waals surface area contributed by atoms with E-state index in [1.807, 2.05) is 19.9 Å². The minimum absolute atomic E-state index is 0.0294. The van der Waals surface area contributed by atoms with Crippen LogP contribution in [0.4, 0.5) is 5.69 Å². The molecule has 0 fully saturated rings. The first-order chi connectivity index (χ1) is 14.2. The number of para-hydroxylation sites is 1. The molecule has 160 valence electrons. The molecule has 8 heteroatoms. The summed E-state index contributed by atoms with van der Waals surface area (Å²) in [6.45, 7) is 5.66. The van der Waals surface area contributed by atoms with Crippen LogP contribution in [0.3, 0.4) is 0 Å². The lowest BCUT2D eigenvalue weighted by Gasteiger charge is -2.29. The van der Waals surface area contributed by atoms with Gasteiger partial charge in [-0.05, 0) is 38.0 Å². The lowest BCUT2D eigenvalue weighted by Crippen LogP contribution is -2.49. The van der Waals surface area contributed by atoms with Crippen molar-refractivity contribution in [2.24, 2.45) is 0 Å². The van der Waals surface area contributed by atoms with Crippen molar-refractivity contribution in [1.29, 1.82) is 0 Å². The van der Waals surface area contributed by atoms with E-state index < -0.39 is 11.0 Å². The van der Waals surface area contributed by atoms with E-state index in [2.05, 4.69) is 5.32 Å². The zero-order valence-electron chi connectivity index (χ0n) is 17.3. The number of nitrogens with zero attached hydrogens (tertiary/aromatic N) is 2. The van der Waals surface area contributed by atoms with Crippen molar-refractivity contribution in [3.05, 3.63) is 74.8 Å².